The Morgan fingerprint density at radius 1 is 0.960 bits per heavy atom. The van der Waals surface area contributed by atoms with E-state index in [1.54, 1.807) is 0 Å². The van der Waals surface area contributed by atoms with Gasteiger partial charge in [-0.15, -0.1) is 0 Å². The molecule has 1 N–H and O–H groups in total. The Kier molecular flexibility index (Phi) is 4.75. The molecule has 3 aromatic carbocycles. The Labute approximate surface area is 147 Å². The normalized spacial score (nSPS) is 12.1. The minimum atomic E-state index is -0.951. The zero-order valence-electron chi connectivity index (χ0n) is 14.7. The number of hydrogen-bond donors (Lipinski definition) is 1. The van der Waals surface area contributed by atoms with Gasteiger partial charge in [0.2, 0.25) is 0 Å². The van der Waals surface area contributed by atoms with Crippen LogP contribution in [0, 0.1) is 20.8 Å². The highest BCUT2D eigenvalue weighted by Gasteiger charge is 2.22. The molecular weight excluding hydrogens is 312 g/mol. The molecule has 0 radical (unpaired) electrons. The number of carboxylic acid groups (broad SMARTS) is 1. The highest BCUT2D eigenvalue weighted by atomic mass is 16.5. The number of fused-ring (bicyclic) bond motifs is 1. The van der Waals surface area contributed by atoms with Crippen molar-refractivity contribution in [1.29, 1.82) is 0 Å². The number of aryl methyl sites for hydroxylation is 3. The Balaban J connectivity index is 1.87. The molecule has 3 heteroatoms. The standard InChI is InChI=1S/C22H22O3/c1-14-10-15(2)20(16(3)11-14)13-21(22(23)24)25-19-9-8-17-6-4-5-7-18(17)12-19/h4-12,21H,13H2,1-3H3,(H,23,24)/t21-/m1/s1. The lowest BCUT2D eigenvalue weighted by Crippen LogP contribution is -2.30. The molecule has 0 spiro atoms. The molecule has 0 aliphatic carbocycles. The summed E-state index contributed by atoms with van der Waals surface area (Å²) < 4.78 is 5.83. The van der Waals surface area contributed by atoms with Crippen LogP contribution in [-0.2, 0) is 11.2 Å². The molecule has 0 aliphatic heterocycles. The van der Waals surface area contributed by atoms with Gasteiger partial charge in [0.1, 0.15) is 5.75 Å². The number of aliphatic carboxylic acids is 1. The van der Waals surface area contributed by atoms with Crippen LogP contribution in [0.2, 0.25) is 0 Å². The first kappa shape index (κ1) is 17.0. The third-order valence-corrected chi connectivity index (χ3v) is 4.50. The van der Waals surface area contributed by atoms with Gasteiger partial charge in [0.15, 0.2) is 6.10 Å². The van der Waals surface area contributed by atoms with Crippen LogP contribution < -0.4 is 4.74 Å². The molecular formula is C22H22O3. The summed E-state index contributed by atoms with van der Waals surface area (Å²) in [5, 5.41) is 11.8. The predicted molar refractivity (Wildman–Crippen MR) is 100 cm³/mol. The predicted octanol–water partition coefficient (Wildman–Crippen LogP) is 4.84. The molecule has 128 valence electrons. The van der Waals surface area contributed by atoms with E-state index < -0.39 is 12.1 Å². The van der Waals surface area contributed by atoms with E-state index in [1.165, 1.54) is 5.56 Å². The minimum Gasteiger partial charge on any atom is -0.478 e. The lowest BCUT2D eigenvalue weighted by molar-refractivity contribution is -0.145. The fraction of sp³-hybridized carbons (Fsp3) is 0.227. The summed E-state index contributed by atoms with van der Waals surface area (Å²) in [4.78, 5) is 11.7. The number of carbonyl (C=O) groups is 1. The van der Waals surface area contributed by atoms with Gasteiger partial charge < -0.3 is 9.84 Å². The van der Waals surface area contributed by atoms with E-state index in [4.69, 9.17) is 4.74 Å². The molecule has 0 unspecified atom stereocenters. The van der Waals surface area contributed by atoms with E-state index in [1.807, 2.05) is 63.2 Å². The quantitative estimate of drug-likeness (QED) is 0.726. The maximum absolute atomic E-state index is 11.7. The fourth-order valence-electron chi connectivity index (χ4n) is 3.30. The number of rotatable bonds is 5. The van der Waals surface area contributed by atoms with Gasteiger partial charge in [0.25, 0.3) is 0 Å². The lowest BCUT2D eigenvalue weighted by atomic mass is 9.95. The van der Waals surface area contributed by atoms with Gasteiger partial charge in [-0.1, -0.05) is 48.0 Å². The molecule has 0 aromatic heterocycles. The second-order valence-electron chi connectivity index (χ2n) is 6.54. The highest BCUT2D eigenvalue weighted by Crippen LogP contribution is 2.24. The number of hydrogen-bond acceptors (Lipinski definition) is 2. The van der Waals surface area contributed by atoms with Crippen LogP contribution in [0.25, 0.3) is 10.8 Å². The molecule has 0 aliphatic rings. The molecule has 0 saturated heterocycles. The van der Waals surface area contributed by atoms with E-state index in [9.17, 15) is 9.90 Å². The van der Waals surface area contributed by atoms with E-state index in [0.717, 1.165) is 27.5 Å². The SMILES string of the molecule is Cc1cc(C)c(C[C@@H](Oc2ccc3ccccc3c2)C(=O)O)c(C)c1. The third-order valence-electron chi connectivity index (χ3n) is 4.50. The zero-order valence-corrected chi connectivity index (χ0v) is 14.7. The van der Waals surface area contributed by atoms with E-state index in [-0.39, 0.29) is 0 Å². The summed E-state index contributed by atoms with van der Waals surface area (Å²) in [5.74, 6) is -0.374. The summed E-state index contributed by atoms with van der Waals surface area (Å²) >= 11 is 0. The van der Waals surface area contributed by atoms with Crippen molar-refractivity contribution >= 4 is 16.7 Å². The van der Waals surface area contributed by atoms with Crippen molar-refractivity contribution in [2.75, 3.05) is 0 Å². The molecule has 25 heavy (non-hydrogen) atoms. The maximum Gasteiger partial charge on any atom is 0.345 e. The molecule has 3 aromatic rings. The second kappa shape index (κ2) is 6.98. The van der Waals surface area contributed by atoms with Crippen molar-refractivity contribution in [2.24, 2.45) is 0 Å². The van der Waals surface area contributed by atoms with Crippen molar-refractivity contribution in [3.63, 3.8) is 0 Å². The molecule has 1 atom stereocenters. The van der Waals surface area contributed by atoms with E-state index in [0.29, 0.717) is 12.2 Å². The molecule has 3 rings (SSSR count). The van der Waals surface area contributed by atoms with Crippen molar-refractivity contribution < 1.29 is 14.6 Å². The summed E-state index contributed by atoms with van der Waals surface area (Å²) in [5.41, 5.74) is 4.43. The second-order valence-corrected chi connectivity index (χ2v) is 6.54. The first-order chi connectivity index (χ1) is 11.9. The molecule has 0 heterocycles. The Hall–Kier alpha value is -2.81. The summed E-state index contributed by atoms with van der Waals surface area (Å²) in [6, 6.07) is 17.8. The fourth-order valence-corrected chi connectivity index (χ4v) is 3.30. The molecule has 3 nitrogen and oxygen atoms in total. The van der Waals surface area contributed by atoms with Crippen LogP contribution in [-0.4, -0.2) is 17.2 Å². The molecule has 0 saturated carbocycles. The van der Waals surface area contributed by atoms with Crippen LogP contribution in [0.1, 0.15) is 22.3 Å². The van der Waals surface area contributed by atoms with Gasteiger partial charge in [0, 0.05) is 6.42 Å². The largest absolute Gasteiger partial charge is 0.478 e. The van der Waals surface area contributed by atoms with Gasteiger partial charge in [-0.05, 0) is 60.4 Å². The van der Waals surface area contributed by atoms with Crippen molar-refractivity contribution in [3.05, 3.63) is 76.9 Å². The van der Waals surface area contributed by atoms with Gasteiger partial charge in [-0.3, -0.25) is 0 Å². The van der Waals surface area contributed by atoms with E-state index >= 15 is 0 Å². The van der Waals surface area contributed by atoms with Crippen molar-refractivity contribution in [2.45, 2.75) is 33.3 Å². The number of ether oxygens (including phenoxy) is 1. The average molecular weight is 334 g/mol. The van der Waals surface area contributed by atoms with Gasteiger partial charge in [-0.25, -0.2) is 4.79 Å². The van der Waals surface area contributed by atoms with Gasteiger partial charge in [-0.2, -0.15) is 0 Å². The summed E-state index contributed by atoms with van der Waals surface area (Å²) in [6.07, 6.45) is -0.568. The average Bonchev–Trinajstić information content (AvgIpc) is 2.56. The minimum absolute atomic E-state index is 0.347. The Bertz CT molecular complexity index is 904. The molecule has 0 bridgehead atoms. The molecule has 0 amide bonds. The van der Waals surface area contributed by atoms with Crippen LogP contribution in [0.15, 0.2) is 54.6 Å². The monoisotopic (exact) mass is 334 g/mol. The number of carboxylic acids is 1. The lowest BCUT2D eigenvalue weighted by Gasteiger charge is -2.18. The topological polar surface area (TPSA) is 46.5 Å². The Morgan fingerprint density at radius 3 is 2.24 bits per heavy atom. The first-order valence-corrected chi connectivity index (χ1v) is 8.39. The summed E-state index contributed by atoms with van der Waals surface area (Å²) in [7, 11) is 0. The van der Waals surface area contributed by atoms with Crippen molar-refractivity contribution in [1.82, 2.24) is 0 Å². The smallest absolute Gasteiger partial charge is 0.345 e. The zero-order chi connectivity index (χ0) is 18.0. The first-order valence-electron chi connectivity index (χ1n) is 8.39. The van der Waals surface area contributed by atoms with Crippen molar-refractivity contribution in [3.8, 4) is 5.75 Å². The van der Waals surface area contributed by atoms with Crippen LogP contribution in [0.5, 0.6) is 5.75 Å². The molecule has 0 fully saturated rings. The third kappa shape index (κ3) is 3.82. The number of benzene rings is 3. The van der Waals surface area contributed by atoms with Crippen LogP contribution in [0.4, 0.5) is 0 Å². The summed E-state index contributed by atoms with van der Waals surface area (Å²) in [6.45, 7) is 6.08. The van der Waals surface area contributed by atoms with Crippen LogP contribution in [0.3, 0.4) is 0 Å². The van der Waals surface area contributed by atoms with Gasteiger partial charge in [0.05, 0.1) is 0 Å². The maximum atomic E-state index is 11.7. The van der Waals surface area contributed by atoms with Crippen LogP contribution >= 0.6 is 0 Å². The Morgan fingerprint density at radius 2 is 1.60 bits per heavy atom. The highest BCUT2D eigenvalue weighted by molar-refractivity contribution is 5.84. The van der Waals surface area contributed by atoms with Gasteiger partial charge >= 0.3 is 5.97 Å². The van der Waals surface area contributed by atoms with E-state index in [2.05, 4.69) is 12.1 Å².